The zero-order chi connectivity index (χ0) is 12.1. The summed E-state index contributed by atoms with van der Waals surface area (Å²) in [6, 6.07) is 0. The Bertz CT molecular complexity index is 494. The molecule has 1 aromatic rings. The molecule has 2 rings (SSSR count). The molecule has 1 aromatic heterocycles. The van der Waals surface area contributed by atoms with E-state index in [4.69, 9.17) is 0 Å². The van der Waals surface area contributed by atoms with Crippen molar-refractivity contribution >= 4 is 27.8 Å². The van der Waals surface area contributed by atoms with Crippen molar-refractivity contribution in [2.75, 3.05) is 5.43 Å². The molecule has 0 saturated heterocycles. The molecule has 5 nitrogen and oxygen atoms in total. The van der Waals surface area contributed by atoms with Gasteiger partial charge in [0, 0.05) is 6.21 Å². The van der Waals surface area contributed by atoms with E-state index in [1.54, 1.807) is 0 Å². The summed E-state index contributed by atoms with van der Waals surface area (Å²) in [6.07, 6.45) is 11.0. The van der Waals surface area contributed by atoms with Crippen molar-refractivity contribution in [1.82, 2.24) is 10.2 Å². The smallest absolute Gasteiger partial charge is 0.276 e. The number of anilines is 1. The first-order valence-electron chi connectivity index (χ1n) is 5.45. The zero-order valence-corrected chi connectivity index (χ0v) is 10.8. The molecule has 0 fully saturated rings. The first-order valence-corrected chi connectivity index (χ1v) is 6.24. The van der Waals surface area contributed by atoms with Crippen LogP contribution in [0.25, 0.3) is 0 Å². The van der Waals surface area contributed by atoms with Crippen LogP contribution < -0.4 is 11.0 Å². The van der Waals surface area contributed by atoms with Crippen molar-refractivity contribution in [3.63, 3.8) is 0 Å². The maximum atomic E-state index is 11.2. The molecule has 1 atom stereocenters. The Labute approximate surface area is 107 Å². The Hall–Kier alpha value is -1.43. The fraction of sp³-hybridized carbons (Fsp3) is 0.364. The maximum Gasteiger partial charge on any atom is 0.280 e. The third kappa shape index (κ3) is 3.26. The standard InChI is InChI=1S/C11H13BrN4O/c12-10-9(7-14-16-11(10)17)15-13-6-8-4-2-1-3-5-8/h1-2,6-8H,3-5H2,(H2,15,16,17)/b13-6+/t8-/m1/s1. The molecule has 0 aliphatic heterocycles. The monoisotopic (exact) mass is 296 g/mol. The predicted molar refractivity (Wildman–Crippen MR) is 71.2 cm³/mol. The molecule has 0 radical (unpaired) electrons. The van der Waals surface area contributed by atoms with Crippen LogP contribution >= 0.6 is 15.9 Å². The predicted octanol–water partition coefficient (Wildman–Crippen LogP) is 2.29. The van der Waals surface area contributed by atoms with Gasteiger partial charge in [-0.15, -0.1) is 0 Å². The van der Waals surface area contributed by atoms with Gasteiger partial charge in [0.15, 0.2) is 0 Å². The molecule has 0 amide bonds. The van der Waals surface area contributed by atoms with Gasteiger partial charge in [0.25, 0.3) is 5.56 Å². The van der Waals surface area contributed by atoms with Crippen LogP contribution in [0.1, 0.15) is 19.3 Å². The minimum Gasteiger partial charge on any atom is -0.276 e. The van der Waals surface area contributed by atoms with Crippen molar-refractivity contribution in [3.8, 4) is 0 Å². The van der Waals surface area contributed by atoms with E-state index in [1.807, 2.05) is 6.21 Å². The lowest BCUT2D eigenvalue weighted by Crippen LogP contribution is -2.11. The first kappa shape index (κ1) is 12.0. The van der Waals surface area contributed by atoms with Gasteiger partial charge in [-0.2, -0.15) is 10.2 Å². The Balaban J connectivity index is 1.97. The van der Waals surface area contributed by atoms with E-state index in [0.717, 1.165) is 19.3 Å². The Morgan fingerprint density at radius 1 is 1.59 bits per heavy atom. The molecule has 0 spiro atoms. The van der Waals surface area contributed by atoms with Gasteiger partial charge in [0.05, 0.1) is 11.9 Å². The van der Waals surface area contributed by atoms with Crippen LogP contribution in [0.5, 0.6) is 0 Å². The van der Waals surface area contributed by atoms with Crippen molar-refractivity contribution in [3.05, 3.63) is 33.2 Å². The van der Waals surface area contributed by atoms with Crippen molar-refractivity contribution in [1.29, 1.82) is 0 Å². The zero-order valence-electron chi connectivity index (χ0n) is 9.19. The molecule has 17 heavy (non-hydrogen) atoms. The average molecular weight is 297 g/mol. The fourth-order valence-electron chi connectivity index (χ4n) is 1.63. The topological polar surface area (TPSA) is 70.1 Å². The van der Waals surface area contributed by atoms with Crippen molar-refractivity contribution in [2.45, 2.75) is 19.3 Å². The number of hydrazone groups is 1. The molecule has 0 aromatic carbocycles. The van der Waals surface area contributed by atoms with Gasteiger partial charge in [-0.1, -0.05) is 12.2 Å². The summed E-state index contributed by atoms with van der Waals surface area (Å²) in [4.78, 5) is 11.2. The molecule has 0 unspecified atom stereocenters. The third-order valence-electron chi connectivity index (χ3n) is 2.58. The lowest BCUT2D eigenvalue weighted by atomic mass is 9.96. The molecule has 2 N–H and O–H groups in total. The molecule has 90 valence electrons. The normalized spacial score (nSPS) is 19.7. The van der Waals surface area contributed by atoms with E-state index in [2.05, 4.69) is 48.8 Å². The second kappa shape index (κ2) is 5.77. The highest BCUT2D eigenvalue weighted by Crippen LogP contribution is 2.17. The Morgan fingerprint density at radius 3 is 3.24 bits per heavy atom. The van der Waals surface area contributed by atoms with E-state index in [1.165, 1.54) is 6.20 Å². The number of H-pyrrole nitrogens is 1. The quantitative estimate of drug-likeness (QED) is 0.511. The molecule has 1 aliphatic carbocycles. The van der Waals surface area contributed by atoms with Crippen LogP contribution in [-0.4, -0.2) is 16.4 Å². The Kier molecular flexibility index (Phi) is 4.08. The lowest BCUT2D eigenvalue weighted by molar-refractivity contribution is 0.627. The highest BCUT2D eigenvalue weighted by atomic mass is 79.9. The van der Waals surface area contributed by atoms with Gasteiger partial charge < -0.3 is 0 Å². The van der Waals surface area contributed by atoms with Crippen LogP contribution in [0.15, 0.2) is 32.7 Å². The Morgan fingerprint density at radius 2 is 2.47 bits per heavy atom. The van der Waals surface area contributed by atoms with E-state index < -0.39 is 0 Å². The largest absolute Gasteiger partial charge is 0.280 e. The van der Waals surface area contributed by atoms with Crippen LogP contribution in [0, 0.1) is 5.92 Å². The molecule has 1 heterocycles. The van der Waals surface area contributed by atoms with Gasteiger partial charge in [-0.25, -0.2) is 5.10 Å². The first-order chi connectivity index (χ1) is 8.27. The van der Waals surface area contributed by atoms with Crippen molar-refractivity contribution < 1.29 is 0 Å². The molecule has 0 bridgehead atoms. The molecule has 1 aliphatic rings. The SMILES string of the molecule is O=c1[nH]ncc(N/N=C/[C@@H]2CC=CCC2)c1Br. The van der Waals surface area contributed by atoms with Gasteiger partial charge >= 0.3 is 0 Å². The number of nitrogens with zero attached hydrogens (tertiary/aromatic N) is 2. The van der Waals surface area contributed by atoms with Gasteiger partial charge in [0.2, 0.25) is 0 Å². The van der Waals surface area contributed by atoms with Crippen LogP contribution in [0.2, 0.25) is 0 Å². The molecule has 6 heteroatoms. The van der Waals surface area contributed by atoms with E-state index in [0.29, 0.717) is 16.1 Å². The summed E-state index contributed by atoms with van der Waals surface area (Å²) in [5, 5.41) is 10.2. The number of allylic oxidation sites excluding steroid dienone is 2. The molecular weight excluding hydrogens is 284 g/mol. The highest BCUT2D eigenvalue weighted by Gasteiger charge is 2.07. The fourth-order valence-corrected chi connectivity index (χ4v) is 1.91. The summed E-state index contributed by atoms with van der Waals surface area (Å²) in [5.41, 5.74) is 3.11. The minimum atomic E-state index is -0.272. The summed E-state index contributed by atoms with van der Waals surface area (Å²) in [7, 11) is 0. The van der Waals surface area contributed by atoms with Gasteiger partial charge in [-0.3, -0.25) is 10.2 Å². The molecule has 0 saturated carbocycles. The number of halogens is 1. The summed E-state index contributed by atoms with van der Waals surface area (Å²) < 4.78 is 0.410. The number of nitrogens with one attached hydrogen (secondary N) is 2. The van der Waals surface area contributed by atoms with Crippen LogP contribution in [0.3, 0.4) is 0 Å². The number of hydrogen-bond donors (Lipinski definition) is 2. The number of aromatic amines is 1. The van der Waals surface area contributed by atoms with Crippen molar-refractivity contribution in [2.24, 2.45) is 11.0 Å². The highest BCUT2D eigenvalue weighted by molar-refractivity contribution is 9.10. The summed E-state index contributed by atoms with van der Waals surface area (Å²) in [5.74, 6) is 0.473. The average Bonchev–Trinajstić information content (AvgIpc) is 2.36. The maximum absolute atomic E-state index is 11.2. The number of rotatable bonds is 3. The number of aromatic nitrogens is 2. The second-order valence-electron chi connectivity index (χ2n) is 3.86. The summed E-state index contributed by atoms with van der Waals surface area (Å²) in [6.45, 7) is 0. The lowest BCUT2D eigenvalue weighted by Gasteiger charge is -2.11. The number of hydrogen-bond acceptors (Lipinski definition) is 4. The van der Waals surface area contributed by atoms with E-state index >= 15 is 0 Å². The van der Waals surface area contributed by atoms with E-state index in [9.17, 15) is 4.79 Å². The van der Waals surface area contributed by atoms with Crippen LogP contribution in [0.4, 0.5) is 5.69 Å². The van der Waals surface area contributed by atoms with E-state index in [-0.39, 0.29) is 5.56 Å². The van der Waals surface area contributed by atoms with Gasteiger partial charge in [0.1, 0.15) is 4.47 Å². The third-order valence-corrected chi connectivity index (χ3v) is 3.36. The van der Waals surface area contributed by atoms with Gasteiger partial charge in [-0.05, 0) is 41.1 Å². The molecular formula is C11H13BrN4O. The second-order valence-corrected chi connectivity index (χ2v) is 4.65. The van der Waals surface area contributed by atoms with Crippen LogP contribution in [-0.2, 0) is 0 Å². The minimum absolute atomic E-state index is 0.272. The summed E-state index contributed by atoms with van der Waals surface area (Å²) >= 11 is 3.18.